The maximum Gasteiger partial charge on any atom is 0.00388 e. The molecule has 1 atom stereocenters. The van der Waals surface area contributed by atoms with Crippen LogP contribution in [0.3, 0.4) is 0 Å². The molecule has 0 fully saturated rings. The third-order valence-corrected chi connectivity index (χ3v) is 3.91. The molecule has 0 bridgehead atoms. The van der Waals surface area contributed by atoms with E-state index in [4.69, 9.17) is 5.73 Å². The second kappa shape index (κ2) is 15.8. The zero-order chi connectivity index (χ0) is 14.2. The molecule has 0 saturated carbocycles. The zero-order valence-corrected chi connectivity index (χ0v) is 13.3. The fraction of sp³-hybridized carbons (Fsp3) is 0.889. The molecule has 0 heterocycles. The number of hydrogen-bond acceptors (Lipinski definition) is 1. The molecule has 0 aliphatic carbocycles. The van der Waals surface area contributed by atoms with Crippen LogP contribution in [-0.4, -0.2) is 6.04 Å². The van der Waals surface area contributed by atoms with E-state index >= 15 is 0 Å². The van der Waals surface area contributed by atoms with Gasteiger partial charge < -0.3 is 5.73 Å². The highest BCUT2D eigenvalue weighted by Crippen LogP contribution is 2.12. The first-order valence-electron chi connectivity index (χ1n) is 8.67. The predicted molar refractivity (Wildman–Crippen MR) is 88.5 cm³/mol. The summed E-state index contributed by atoms with van der Waals surface area (Å²) in [7, 11) is 0. The van der Waals surface area contributed by atoms with E-state index in [0.717, 1.165) is 6.42 Å². The van der Waals surface area contributed by atoms with Crippen molar-refractivity contribution in [3.63, 3.8) is 0 Å². The van der Waals surface area contributed by atoms with E-state index in [2.05, 4.69) is 13.5 Å². The lowest BCUT2D eigenvalue weighted by atomic mass is 10.0. The van der Waals surface area contributed by atoms with Crippen molar-refractivity contribution in [1.29, 1.82) is 0 Å². The van der Waals surface area contributed by atoms with Crippen molar-refractivity contribution in [2.75, 3.05) is 0 Å². The number of rotatable bonds is 15. The fourth-order valence-corrected chi connectivity index (χ4v) is 2.56. The fourth-order valence-electron chi connectivity index (χ4n) is 2.56. The first-order valence-corrected chi connectivity index (χ1v) is 8.67. The Kier molecular flexibility index (Phi) is 15.5. The van der Waals surface area contributed by atoms with Crippen LogP contribution in [-0.2, 0) is 0 Å². The summed E-state index contributed by atoms with van der Waals surface area (Å²) in [5.74, 6) is 0. The summed E-state index contributed by atoms with van der Waals surface area (Å²) in [4.78, 5) is 0. The lowest BCUT2D eigenvalue weighted by Gasteiger charge is -2.11. The summed E-state index contributed by atoms with van der Waals surface area (Å²) < 4.78 is 0. The molecule has 0 aromatic carbocycles. The minimum Gasteiger partial charge on any atom is -0.328 e. The Morgan fingerprint density at radius 2 is 1.26 bits per heavy atom. The number of unbranched alkanes of at least 4 members (excludes halogenated alkanes) is 10. The monoisotopic (exact) mass is 267 g/mol. The smallest absolute Gasteiger partial charge is 0.00388 e. The van der Waals surface area contributed by atoms with Gasteiger partial charge in [-0.05, 0) is 25.7 Å². The molecular weight excluding hydrogens is 230 g/mol. The van der Waals surface area contributed by atoms with E-state index in [1.807, 2.05) is 6.08 Å². The molecule has 1 unspecified atom stereocenters. The summed E-state index contributed by atoms with van der Waals surface area (Å²) in [6.45, 7) is 6.03. The van der Waals surface area contributed by atoms with Crippen LogP contribution >= 0.6 is 0 Å². The lowest BCUT2D eigenvalue weighted by Crippen LogP contribution is -2.19. The van der Waals surface area contributed by atoms with Crippen LogP contribution in [0.5, 0.6) is 0 Å². The van der Waals surface area contributed by atoms with E-state index in [9.17, 15) is 0 Å². The van der Waals surface area contributed by atoms with Crippen molar-refractivity contribution in [2.24, 2.45) is 5.73 Å². The maximum atomic E-state index is 6.15. The van der Waals surface area contributed by atoms with Crippen LogP contribution in [0.25, 0.3) is 0 Å². The molecular formula is C18H37N. The molecule has 2 N–H and O–H groups in total. The van der Waals surface area contributed by atoms with E-state index in [1.54, 1.807) is 0 Å². The summed E-state index contributed by atoms with van der Waals surface area (Å²) in [5, 5.41) is 0. The first kappa shape index (κ1) is 18.7. The summed E-state index contributed by atoms with van der Waals surface area (Å²) in [6.07, 6.45) is 20.7. The van der Waals surface area contributed by atoms with Crippen molar-refractivity contribution >= 4 is 0 Å². The minimum absolute atomic E-state index is 0.448. The molecule has 19 heavy (non-hydrogen) atoms. The van der Waals surface area contributed by atoms with Crippen molar-refractivity contribution in [1.82, 2.24) is 0 Å². The molecule has 0 amide bonds. The average Bonchev–Trinajstić information content (AvgIpc) is 2.41. The van der Waals surface area contributed by atoms with Gasteiger partial charge in [0.1, 0.15) is 0 Å². The molecule has 0 aliphatic rings. The van der Waals surface area contributed by atoms with Crippen molar-refractivity contribution in [3.05, 3.63) is 12.7 Å². The van der Waals surface area contributed by atoms with Gasteiger partial charge in [-0.25, -0.2) is 0 Å². The van der Waals surface area contributed by atoms with E-state index in [1.165, 1.54) is 83.5 Å². The Labute approximate surface area is 122 Å². The second-order valence-electron chi connectivity index (χ2n) is 5.95. The van der Waals surface area contributed by atoms with Crippen molar-refractivity contribution in [3.8, 4) is 0 Å². The van der Waals surface area contributed by atoms with Crippen molar-refractivity contribution < 1.29 is 0 Å². The van der Waals surface area contributed by atoms with Crippen LogP contribution in [0.1, 0.15) is 96.8 Å². The highest BCUT2D eigenvalue weighted by molar-refractivity contribution is 4.67. The van der Waals surface area contributed by atoms with Gasteiger partial charge in [0.25, 0.3) is 0 Å². The standard InChI is InChI=1S/C18H37N/c1-3-5-7-9-10-11-13-15-17-18(19)16-14-12-8-6-4-2/h4,18H,2-3,5-17,19H2,1H3. The van der Waals surface area contributed by atoms with Gasteiger partial charge in [0.05, 0.1) is 0 Å². The lowest BCUT2D eigenvalue weighted by molar-refractivity contribution is 0.487. The van der Waals surface area contributed by atoms with Crippen LogP contribution in [0.2, 0.25) is 0 Å². The van der Waals surface area contributed by atoms with Gasteiger partial charge in [-0.15, -0.1) is 6.58 Å². The number of nitrogens with two attached hydrogens (primary N) is 1. The third-order valence-electron chi connectivity index (χ3n) is 3.91. The van der Waals surface area contributed by atoms with Gasteiger partial charge >= 0.3 is 0 Å². The van der Waals surface area contributed by atoms with Gasteiger partial charge in [-0.2, -0.15) is 0 Å². The molecule has 0 saturated heterocycles. The second-order valence-corrected chi connectivity index (χ2v) is 5.95. The summed E-state index contributed by atoms with van der Waals surface area (Å²) in [5.41, 5.74) is 6.15. The molecule has 0 aromatic heterocycles. The molecule has 0 aromatic rings. The minimum atomic E-state index is 0.448. The molecule has 1 nitrogen and oxygen atoms in total. The molecule has 0 aliphatic heterocycles. The Bertz CT molecular complexity index is 177. The van der Waals surface area contributed by atoms with Crippen LogP contribution in [0.15, 0.2) is 12.7 Å². The van der Waals surface area contributed by atoms with E-state index in [0.29, 0.717) is 6.04 Å². The van der Waals surface area contributed by atoms with Crippen LogP contribution < -0.4 is 5.73 Å². The topological polar surface area (TPSA) is 26.0 Å². The predicted octanol–water partition coefficient (Wildman–Crippen LogP) is 5.98. The van der Waals surface area contributed by atoms with E-state index < -0.39 is 0 Å². The molecule has 114 valence electrons. The maximum absolute atomic E-state index is 6.15. The largest absolute Gasteiger partial charge is 0.328 e. The van der Waals surface area contributed by atoms with Crippen LogP contribution in [0.4, 0.5) is 0 Å². The molecule has 0 spiro atoms. The Morgan fingerprint density at radius 3 is 1.79 bits per heavy atom. The third kappa shape index (κ3) is 15.6. The Hall–Kier alpha value is -0.300. The Morgan fingerprint density at radius 1 is 0.789 bits per heavy atom. The SMILES string of the molecule is C=CCCCCCC(N)CCCCCCCCCC. The molecule has 0 rings (SSSR count). The van der Waals surface area contributed by atoms with Gasteiger partial charge in [0.15, 0.2) is 0 Å². The highest BCUT2D eigenvalue weighted by Gasteiger charge is 2.02. The number of allylic oxidation sites excluding steroid dienone is 1. The summed E-state index contributed by atoms with van der Waals surface area (Å²) >= 11 is 0. The Balaban J connectivity index is 3.11. The quantitative estimate of drug-likeness (QED) is 0.286. The highest BCUT2D eigenvalue weighted by atomic mass is 14.6. The normalized spacial score (nSPS) is 12.5. The number of hydrogen-bond donors (Lipinski definition) is 1. The van der Waals surface area contributed by atoms with E-state index in [-0.39, 0.29) is 0 Å². The summed E-state index contributed by atoms with van der Waals surface area (Å²) in [6, 6.07) is 0.448. The van der Waals surface area contributed by atoms with Gasteiger partial charge in [0, 0.05) is 6.04 Å². The first-order chi connectivity index (χ1) is 9.31. The molecule has 1 heteroatoms. The van der Waals surface area contributed by atoms with Crippen LogP contribution in [0, 0.1) is 0 Å². The van der Waals surface area contributed by atoms with Crippen molar-refractivity contribution in [2.45, 2.75) is 103 Å². The molecule has 0 radical (unpaired) electrons. The van der Waals surface area contributed by atoms with Gasteiger partial charge in [0.2, 0.25) is 0 Å². The van der Waals surface area contributed by atoms with Gasteiger partial charge in [-0.3, -0.25) is 0 Å². The van der Waals surface area contributed by atoms with Gasteiger partial charge in [-0.1, -0.05) is 77.2 Å². The average molecular weight is 268 g/mol. The zero-order valence-electron chi connectivity index (χ0n) is 13.3.